The highest BCUT2D eigenvalue weighted by atomic mass is 79.9. The fourth-order valence-corrected chi connectivity index (χ4v) is 3.79. The highest BCUT2D eigenvalue weighted by Crippen LogP contribution is 2.29. The first-order chi connectivity index (χ1) is 13.0. The standard InChI is InChI=1S/C20H19BrN2O4/c1-12-5-3-7-14(19(20(24)25)23-26-2)15(12)11-27-22-17-10-9-13-6-4-8-16(21)18(13)17/h3-8H,9-11H2,1-2H3,(H,24,25)/b22-17+,23-19+. The second-order valence-electron chi connectivity index (χ2n) is 6.11. The Morgan fingerprint density at radius 2 is 2.00 bits per heavy atom. The molecule has 0 fully saturated rings. The number of oxime groups is 2. The molecule has 0 heterocycles. The van der Waals surface area contributed by atoms with Crippen LogP contribution < -0.4 is 0 Å². The van der Waals surface area contributed by atoms with Gasteiger partial charge in [-0.1, -0.05) is 56.6 Å². The van der Waals surface area contributed by atoms with Crippen LogP contribution in [0.3, 0.4) is 0 Å². The van der Waals surface area contributed by atoms with Crippen molar-refractivity contribution in [2.75, 3.05) is 7.11 Å². The van der Waals surface area contributed by atoms with Crippen molar-refractivity contribution in [3.05, 3.63) is 68.7 Å². The number of aliphatic carboxylic acids is 1. The van der Waals surface area contributed by atoms with E-state index in [-0.39, 0.29) is 12.3 Å². The van der Waals surface area contributed by atoms with Crippen LogP contribution in [0.25, 0.3) is 0 Å². The second kappa shape index (κ2) is 8.35. The number of hydrogen-bond donors (Lipinski definition) is 1. The molecule has 1 aliphatic rings. The summed E-state index contributed by atoms with van der Waals surface area (Å²) in [5.41, 5.74) is 5.10. The van der Waals surface area contributed by atoms with Crippen molar-refractivity contribution in [2.45, 2.75) is 26.4 Å². The molecule has 0 spiro atoms. The van der Waals surface area contributed by atoms with Gasteiger partial charge in [0.25, 0.3) is 0 Å². The Labute approximate surface area is 165 Å². The van der Waals surface area contributed by atoms with Crippen molar-refractivity contribution in [2.24, 2.45) is 10.3 Å². The summed E-state index contributed by atoms with van der Waals surface area (Å²) in [7, 11) is 1.32. The van der Waals surface area contributed by atoms with Gasteiger partial charge in [-0.05, 0) is 37.0 Å². The highest BCUT2D eigenvalue weighted by Gasteiger charge is 2.22. The van der Waals surface area contributed by atoms with E-state index in [1.54, 1.807) is 12.1 Å². The Bertz CT molecular complexity index is 938. The molecule has 0 aliphatic heterocycles. The van der Waals surface area contributed by atoms with Crippen molar-refractivity contribution in [3.63, 3.8) is 0 Å². The summed E-state index contributed by atoms with van der Waals surface area (Å²) in [6.07, 6.45) is 1.74. The monoisotopic (exact) mass is 430 g/mol. The van der Waals surface area contributed by atoms with Crippen molar-refractivity contribution < 1.29 is 19.6 Å². The minimum atomic E-state index is -1.16. The Morgan fingerprint density at radius 3 is 2.74 bits per heavy atom. The van der Waals surface area contributed by atoms with Crippen LogP contribution in [0.4, 0.5) is 0 Å². The summed E-state index contributed by atoms with van der Waals surface area (Å²) in [6, 6.07) is 11.4. The van der Waals surface area contributed by atoms with Gasteiger partial charge in [0.1, 0.15) is 13.7 Å². The van der Waals surface area contributed by atoms with Gasteiger partial charge in [0, 0.05) is 21.2 Å². The first-order valence-corrected chi connectivity index (χ1v) is 9.22. The fraction of sp³-hybridized carbons (Fsp3) is 0.250. The predicted octanol–water partition coefficient (Wildman–Crippen LogP) is 4.06. The average Bonchev–Trinajstić information content (AvgIpc) is 3.05. The van der Waals surface area contributed by atoms with Gasteiger partial charge in [-0.25, -0.2) is 4.79 Å². The number of carbonyl (C=O) groups is 1. The van der Waals surface area contributed by atoms with E-state index in [0.717, 1.165) is 34.2 Å². The Morgan fingerprint density at radius 1 is 1.22 bits per heavy atom. The Kier molecular flexibility index (Phi) is 5.91. The molecule has 0 saturated heterocycles. The molecule has 1 N–H and O–H groups in total. The number of aryl methyl sites for hydroxylation is 2. The van der Waals surface area contributed by atoms with Crippen LogP contribution in [-0.4, -0.2) is 29.6 Å². The predicted molar refractivity (Wildman–Crippen MR) is 106 cm³/mol. The van der Waals surface area contributed by atoms with Crippen LogP contribution in [0.2, 0.25) is 0 Å². The molecule has 1 aliphatic carbocycles. The summed E-state index contributed by atoms with van der Waals surface area (Å²) in [5, 5.41) is 17.4. The molecule has 0 unspecified atom stereocenters. The van der Waals surface area contributed by atoms with Gasteiger partial charge in [0.2, 0.25) is 0 Å². The molecule has 0 radical (unpaired) electrons. The van der Waals surface area contributed by atoms with E-state index in [0.29, 0.717) is 11.1 Å². The maximum atomic E-state index is 11.5. The molecule has 0 aromatic heterocycles. The SMILES string of the molecule is CO/N=C(/C(=O)O)c1cccc(C)c1CO/N=C1\CCc2cccc(Br)c21. The molecular weight excluding hydrogens is 412 g/mol. The largest absolute Gasteiger partial charge is 0.476 e. The number of carboxylic acid groups (broad SMARTS) is 1. The fourth-order valence-electron chi connectivity index (χ4n) is 3.15. The van der Waals surface area contributed by atoms with E-state index in [2.05, 4.69) is 37.1 Å². The van der Waals surface area contributed by atoms with Crippen LogP contribution in [0, 0.1) is 6.92 Å². The van der Waals surface area contributed by atoms with Gasteiger partial charge >= 0.3 is 5.97 Å². The van der Waals surface area contributed by atoms with Crippen LogP contribution in [0.5, 0.6) is 0 Å². The normalized spacial score (nSPS) is 14.9. The average molecular weight is 431 g/mol. The number of benzene rings is 2. The molecule has 2 aromatic carbocycles. The van der Waals surface area contributed by atoms with E-state index in [9.17, 15) is 9.90 Å². The first-order valence-electron chi connectivity index (χ1n) is 8.42. The third kappa shape index (κ3) is 4.03. The lowest BCUT2D eigenvalue weighted by Crippen LogP contribution is -2.18. The summed E-state index contributed by atoms with van der Waals surface area (Å²) >= 11 is 3.57. The molecule has 0 atom stereocenters. The Balaban J connectivity index is 1.86. The molecule has 0 amide bonds. The smallest absolute Gasteiger partial charge is 0.358 e. The molecular formula is C20H19BrN2O4. The molecule has 27 heavy (non-hydrogen) atoms. The highest BCUT2D eigenvalue weighted by molar-refractivity contribution is 9.10. The number of carboxylic acids is 1. The second-order valence-corrected chi connectivity index (χ2v) is 6.97. The van der Waals surface area contributed by atoms with Crippen molar-refractivity contribution in [3.8, 4) is 0 Å². The summed E-state index contributed by atoms with van der Waals surface area (Å²) in [6.45, 7) is 2.03. The van der Waals surface area contributed by atoms with Gasteiger partial charge < -0.3 is 14.8 Å². The minimum Gasteiger partial charge on any atom is -0.476 e. The number of nitrogens with zero attached hydrogens (tertiary/aromatic N) is 2. The lowest BCUT2D eigenvalue weighted by atomic mass is 9.99. The molecule has 6 nitrogen and oxygen atoms in total. The minimum absolute atomic E-state index is 0.140. The van der Waals surface area contributed by atoms with Crippen molar-refractivity contribution >= 4 is 33.3 Å². The van der Waals surface area contributed by atoms with Crippen LogP contribution in [0.15, 0.2) is 51.2 Å². The lowest BCUT2D eigenvalue weighted by molar-refractivity contribution is -0.129. The van der Waals surface area contributed by atoms with Gasteiger partial charge in [0.05, 0.1) is 5.71 Å². The molecule has 3 rings (SSSR count). The van der Waals surface area contributed by atoms with Gasteiger partial charge in [0.15, 0.2) is 5.71 Å². The lowest BCUT2D eigenvalue weighted by Gasteiger charge is -2.11. The van der Waals surface area contributed by atoms with Crippen LogP contribution >= 0.6 is 15.9 Å². The number of hydrogen-bond acceptors (Lipinski definition) is 5. The molecule has 2 aromatic rings. The Hall–Kier alpha value is -2.67. The van der Waals surface area contributed by atoms with Gasteiger partial charge in [-0.15, -0.1) is 0 Å². The zero-order chi connectivity index (χ0) is 19.4. The molecule has 0 saturated carbocycles. The van der Waals surface area contributed by atoms with Crippen LogP contribution in [-0.2, 0) is 27.5 Å². The first kappa shape index (κ1) is 19.1. The zero-order valence-corrected chi connectivity index (χ0v) is 16.6. The van der Waals surface area contributed by atoms with E-state index >= 15 is 0 Å². The molecule has 7 heteroatoms. The van der Waals surface area contributed by atoms with Crippen molar-refractivity contribution in [1.29, 1.82) is 0 Å². The summed E-state index contributed by atoms with van der Waals surface area (Å²) < 4.78 is 0.997. The van der Waals surface area contributed by atoms with Crippen LogP contribution in [0.1, 0.15) is 34.2 Å². The van der Waals surface area contributed by atoms with Gasteiger partial charge in [-0.2, -0.15) is 0 Å². The zero-order valence-electron chi connectivity index (χ0n) is 15.0. The summed E-state index contributed by atoms with van der Waals surface area (Å²) in [4.78, 5) is 21.8. The quantitative estimate of drug-likeness (QED) is 0.553. The van der Waals surface area contributed by atoms with Crippen molar-refractivity contribution in [1.82, 2.24) is 0 Å². The maximum Gasteiger partial charge on any atom is 0.358 e. The number of halogens is 1. The number of fused-ring (bicyclic) bond motifs is 1. The van der Waals surface area contributed by atoms with E-state index in [1.165, 1.54) is 12.7 Å². The third-order valence-corrected chi connectivity index (χ3v) is 5.11. The maximum absolute atomic E-state index is 11.5. The molecule has 140 valence electrons. The van der Waals surface area contributed by atoms with Gasteiger partial charge in [-0.3, -0.25) is 0 Å². The third-order valence-electron chi connectivity index (χ3n) is 4.45. The van der Waals surface area contributed by atoms with E-state index in [4.69, 9.17) is 4.84 Å². The van der Waals surface area contributed by atoms with E-state index < -0.39 is 5.97 Å². The number of rotatable bonds is 6. The molecule has 0 bridgehead atoms. The topological polar surface area (TPSA) is 80.5 Å². The van der Waals surface area contributed by atoms with E-state index in [1.807, 2.05) is 25.1 Å². The summed E-state index contributed by atoms with van der Waals surface area (Å²) in [5.74, 6) is -1.16.